The number of carbonyl (C=O) groups is 5. The average molecular weight is 753 g/mol. The predicted octanol–water partition coefficient (Wildman–Crippen LogP) is 3.14. The van der Waals surface area contributed by atoms with Gasteiger partial charge in [0.25, 0.3) is 0 Å². The SMILES string of the molecule is CC(=O)N[C@@H]1[C@H](OC[C@@H](NC(=O)OCC2c3ccccc3-c3ccccc32)C(=O)OCC(=O)c2ccccc2)O[C@@H](CO)[C@@H](O)[C@H]1OC(=O)c1ccccc1. The monoisotopic (exact) mass is 752 g/mol. The Kier molecular flexibility index (Phi) is 12.6. The smallest absolute Gasteiger partial charge is 0.407 e. The van der Waals surface area contributed by atoms with Gasteiger partial charge in [-0.15, -0.1) is 0 Å². The van der Waals surface area contributed by atoms with Gasteiger partial charge in [0, 0.05) is 18.4 Å². The minimum atomic E-state index is -1.61. The van der Waals surface area contributed by atoms with Crippen LogP contribution in [0.4, 0.5) is 4.79 Å². The van der Waals surface area contributed by atoms with Crippen molar-refractivity contribution in [2.75, 3.05) is 26.4 Å². The first-order valence-electron chi connectivity index (χ1n) is 17.6. The van der Waals surface area contributed by atoms with Crippen LogP contribution in [0.5, 0.6) is 0 Å². The third-order valence-electron chi connectivity index (χ3n) is 9.26. The van der Waals surface area contributed by atoms with Gasteiger partial charge in [0.1, 0.15) is 24.9 Å². The minimum absolute atomic E-state index is 0.0736. The molecule has 2 aliphatic rings. The van der Waals surface area contributed by atoms with Gasteiger partial charge in [-0.2, -0.15) is 0 Å². The molecule has 0 bridgehead atoms. The summed E-state index contributed by atoms with van der Waals surface area (Å²) >= 11 is 0. The zero-order valence-corrected chi connectivity index (χ0v) is 29.7. The molecule has 1 aliphatic carbocycles. The second kappa shape index (κ2) is 17.9. The number of esters is 2. The van der Waals surface area contributed by atoms with Crippen LogP contribution < -0.4 is 10.6 Å². The van der Waals surface area contributed by atoms with Crippen molar-refractivity contribution in [1.82, 2.24) is 10.6 Å². The van der Waals surface area contributed by atoms with Crippen molar-refractivity contribution in [3.05, 3.63) is 131 Å². The summed E-state index contributed by atoms with van der Waals surface area (Å²) in [7, 11) is 0. The Hall–Kier alpha value is -5.93. The molecule has 4 N–H and O–H groups in total. The number of aliphatic hydroxyl groups is 2. The first-order chi connectivity index (χ1) is 26.6. The molecule has 14 heteroatoms. The Bertz CT molecular complexity index is 1950. The van der Waals surface area contributed by atoms with Crippen LogP contribution in [0, 0.1) is 0 Å². The van der Waals surface area contributed by atoms with Crippen molar-refractivity contribution in [2.24, 2.45) is 0 Å². The molecule has 4 aromatic carbocycles. The highest BCUT2D eigenvalue weighted by atomic mass is 16.7. The number of alkyl carbamates (subject to hydrolysis) is 1. The van der Waals surface area contributed by atoms with E-state index >= 15 is 0 Å². The van der Waals surface area contributed by atoms with E-state index in [1.165, 1.54) is 19.1 Å². The molecule has 286 valence electrons. The van der Waals surface area contributed by atoms with Crippen LogP contribution >= 0.6 is 0 Å². The molecule has 55 heavy (non-hydrogen) atoms. The second-order valence-electron chi connectivity index (χ2n) is 12.9. The van der Waals surface area contributed by atoms with E-state index in [-0.39, 0.29) is 18.1 Å². The molecule has 0 saturated carbocycles. The van der Waals surface area contributed by atoms with Crippen LogP contribution in [-0.2, 0) is 33.3 Å². The van der Waals surface area contributed by atoms with Crippen molar-refractivity contribution in [3.8, 4) is 11.1 Å². The van der Waals surface area contributed by atoms with E-state index in [0.29, 0.717) is 5.56 Å². The van der Waals surface area contributed by atoms with Gasteiger partial charge in [-0.25, -0.2) is 14.4 Å². The highest BCUT2D eigenvalue weighted by Crippen LogP contribution is 2.44. The van der Waals surface area contributed by atoms with Gasteiger partial charge in [0.05, 0.1) is 18.8 Å². The van der Waals surface area contributed by atoms with Gasteiger partial charge < -0.3 is 44.5 Å². The summed E-state index contributed by atoms with van der Waals surface area (Å²) in [6.45, 7) is -0.957. The minimum Gasteiger partial charge on any atom is -0.456 e. The molecule has 1 heterocycles. The lowest BCUT2D eigenvalue weighted by Gasteiger charge is -2.43. The lowest BCUT2D eigenvalue weighted by Crippen LogP contribution is -2.66. The Balaban J connectivity index is 1.19. The van der Waals surface area contributed by atoms with Gasteiger partial charge in [-0.3, -0.25) is 9.59 Å². The summed E-state index contributed by atoms with van der Waals surface area (Å²) in [4.78, 5) is 65.0. The highest BCUT2D eigenvalue weighted by molar-refractivity contribution is 5.98. The number of benzene rings is 4. The van der Waals surface area contributed by atoms with Crippen LogP contribution in [0.15, 0.2) is 109 Å². The molecular formula is C41H40N2O12. The number of fused-ring (bicyclic) bond motifs is 3. The van der Waals surface area contributed by atoms with Gasteiger partial charge in [0.2, 0.25) is 5.91 Å². The van der Waals surface area contributed by atoms with Gasteiger partial charge in [-0.05, 0) is 34.4 Å². The van der Waals surface area contributed by atoms with Gasteiger partial charge in [-0.1, -0.05) is 97.1 Å². The fourth-order valence-electron chi connectivity index (χ4n) is 6.59. The maximum Gasteiger partial charge on any atom is 0.407 e. The Labute approximate surface area is 316 Å². The van der Waals surface area contributed by atoms with E-state index in [1.54, 1.807) is 48.5 Å². The molecule has 2 amide bonds. The maximum absolute atomic E-state index is 13.5. The standard InChI is InChI=1S/C41H40N2O12/c1-24(45)42-35-37(55-38(48)26-14-6-3-7-15-26)36(47)34(20-44)54-40(35)52-22-32(39(49)51-23-33(46)25-12-4-2-5-13-25)43-41(50)53-21-31-29-18-10-8-16-27(29)28-17-9-11-19-30(28)31/h2-19,31-32,34-37,40,44,47H,20-23H2,1H3,(H,42,45)(H,43,50)/t32-,34+,35+,36-,37+,40-/m1/s1. The van der Waals surface area contributed by atoms with E-state index in [0.717, 1.165) is 22.3 Å². The maximum atomic E-state index is 13.5. The fourth-order valence-corrected chi connectivity index (χ4v) is 6.59. The summed E-state index contributed by atoms with van der Waals surface area (Å²) in [5, 5.41) is 26.1. The van der Waals surface area contributed by atoms with E-state index in [4.69, 9.17) is 23.7 Å². The first-order valence-corrected chi connectivity index (χ1v) is 17.6. The number of ether oxygens (including phenoxy) is 5. The van der Waals surface area contributed by atoms with Crippen molar-refractivity contribution >= 4 is 29.7 Å². The quantitative estimate of drug-likeness (QED) is 0.0836. The largest absolute Gasteiger partial charge is 0.456 e. The number of Topliss-reactive ketones (excluding diaryl/α,β-unsaturated/α-hetero) is 1. The summed E-state index contributed by atoms with van der Waals surface area (Å²) in [6, 6.07) is 28.6. The summed E-state index contributed by atoms with van der Waals surface area (Å²) in [6.07, 6.45) is -6.99. The van der Waals surface area contributed by atoms with Crippen molar-refractivity contribution < 1.29 is 57.9 Å². The zero-order chi connectivity index (χ0) is 38.9. The third kappa shape index (κ3) is 9.24. The fraction of sp³-hybridized carbons (Fsp3) is 0.293. The Morgan fingerprint density at radius 3 is 1.96 bits per heavy atom. The number of aliphatic hydroxyl groups excluding tert-OH is 2. The molecule has 1 saturated heterocycles. The summed E-state index contributed by atoms with van der Waals surface area (Å²) in [5.74, 6) is -3.28. The highest BCUT2D eigenvalue weighted by Gasteiger charge is 2.49. The Morgan fingerprint density at radius 2 is 1.36 bits per heavy atom. The number of hydrogen-bond donors (Lipinski definition) is 4. The van der Waals surface area contributed by atoms with Crippen molar-refractivity contribution in [3.63, 3.8) is 0 Å². The molecule has 0 spiro atoms. The number of hydrogen-bond acceptors (Lipinski definition) is 12. The van der Waals surface area contributed by atoms with Crippen LogP contribution in [-0.4, -0.2) is 103 Å². The van der Waals surface area contributed by atoms with Crippen LogP contribution in [0.25, 0.3) is 11.1 Å². The average Bonchev–Trinajstić information content (AvgIpc) is 3.53. The normalized spacial score (nSPS) is 20.6. The number of nitrogens with one attached hydrogen (secondary N) is 2. The molecule has 4 aromatic rings. The molecule has 14 nitrogen and oxygen atoms in total. The van der Waals surface area contributed by atoms with E-state index < -0.39 is 86.2 Å². The van der Waals surface area contributed by atoms with E-state index in [9.17, 15) is 34.2 Å². The zero-order valence-electron chi connectivity index (χ0n) is 29.7. The molecule has 6 rings (SSSR count). The van der Waals surface area contributed by atoms with Crippen molar-refractivity contribution in [2.45, 2.75) is 49.5 Å². The van der Waals surface area contributed by atoms with Crippen LogP contribution in [0.1, 0.15) is 44.7 Å². The third-order valence-corrected chi connectivity index (χ3v) is 9.26. The molecule has 6 atom stereocenters. The second-order valence-corrected chi connectivity index (χ2v) is 12.9. The molecule has 1 aliphatic heterocycles. The summed E-state index contributed by atoms with van der Waals surface area (Å²) < 4.78 is 28.3. The molecule has 0 unspecified atom stereocenters. The van der Waals surface area contributed by atoms with Crippen LogP contribution in [0.2, 0.25) is 0 Å². The van der Waals surface area contributed by atoms with Crippen LogP contribution in [0.3, 0.4) is 0 Å². The lowest BCUT2D eigenvalue weighted by atomic mass is 9.96. The number of ketones is 1. The molecule has 0 aromatic heterocycles. The summed E-state index contributed by atoms with van der Waals surface area (Å²) in [5.41, 5.74) is 4.43. The lowest BCUT2D eigenvalue weighted by molar-refractivity contribution is -0.270. The van der Waals surface area contributed by atoms with E-state index in [2.05, 4.69) is 10.6 Å². The van der Waals surface area contributed by atoms with Crippen molar-refractivity contribution in [1.29, 1.82) is 0 Å². The van der Waals surface area contributed by atoms with Gasteiger partial charge >= 0.3 is 18.0 Å². The first kappa shape index (κ1) is 38.8. The number of carbonyl (C=O) groups excluding carboxylic acids is 5. The topological polar surface area (TPSA) is 196 Å². The van der Waals surface area contributed by atoms with E-state index in [1.807, 2.05) is 48.5 Å². The molecule has 0 radical (unpaired) electrons. The Morgan fingerprint density at radius 1 is 0.782 bits per heavy atom. The number of amides is 2. The molecule has 1 fully saturated rings. The molecular weight excluding hydrogens is 712 g/mol. The number of rotatable bonds is 14. The predicted molar refractivity (Wildman–Crippen MR) is 195 cm³/mol. The van der Waals surface area contributed by atoms with Gasteiger partial charge in [0.15, 0.2) is 30.8 Å².